The molecule has 0 unspecified atom stereocenters. The van der Waals surface area contributed by atoms with Gasteiger partial charge in [0, 0.05) is 24.1 Å². The van der Waals surface area contributed by atoms with Crippen LogP contribution in [-0.2, 0) is 10.0 Å². The molecule has 2 rings (SSSR count). The number of hydrogen-bond acceptors (Lipinski definition) is 3. The van der Waals surface area contributed by atoms with Crippen LogP contribution in [0, 0.1) is 0 Å². The van der Waals surface area contributed by atoms with Gasteiger partial charge in [-0.3, -0.25) is 9.52 Å². The SMILES string of the molecule is CN(C)C(=O)c1ccc(Cl)cc1NS(=O)(=O)c1ccc(Cl)cc1. The minimum Gasteiger partial charge on any atom is -0.345 e. The zero-order valence-corrected chi connectivity index (χ0v) is 14.7. The van der Waals surface area contributed by atoms with Gasteiger partial charge in [0.1, 0.15) is 0 Å². The van der Waals surface area contributed by atoms with Crippen LogP contribution in [0.4, 0.5) is 5.69 Å². The zero-order chi connectivity index (χ0) is 17.2. The van der Waals surface area contributed by atoms with Crippen LogP contribution in [0.1, 0.15) is 10.4 Å². The van der Waals surface area contributed by atoms with Gasteiger partial charge in [0.25, 0.3) is 15.9 Å². The topological polar surface area (TPSA) is 66.5 Å². The van der Waals surface area contributed by atoms with Crippen LogP contribution in [0.15, 0.2) is 47.4 Å². The van der Waals surface area contributed by atoms with Crippen molar-refractivity contribution in [1.29, 1.82) is 0 Å². The van der Waals surface area contributed by atoms with Crippen molar-refractivity contribution in [1.82, 2.24) is 4.90 Å². The van der Waals surface area contributed by atoms with E-state index in [2.05, 4.69) is 4.72 Å². The van der Waals surface area contributed by atoms with Crippen LogP contribution in [0.25, 0.3) is 0 Å². The molecule has 1 amide bonds. The Balaban J connectivity index is 2.44. The van der Waals surface area contributed by atoms with Crippen molar-refractivity contribution in [2.75, 3.05) is 18.8 Å². The highest BCUT2D eigenvalue weighted by molar-refractivity contribution is 7.92. The molecule has 8 heteroatoms. The number of carbonyl (C=O) groups is 1. The molecule has 0 aliphatic heterocycles. The van der Waals surface area contributed by atoms with Crippen molar-refractivity contribution in [3.63, 3.8) is 0 Å². The minimum absolute atomic E-state index is 0.0325. The summed E-state index contributed by atoms with van der Waals surface area (Å²) >= 11 is 11.7. The van der Waals surface area contributed by atoms with Crippen LogP contribution in [-0.4, -0.2) is 33.3 Å². The third kappa shape index (κ3) is 4.16. The third-order valence-electron chi connectivity index (χ3n) is 2.99. The van der Waals surface area contributed by atoms with Crippen LogP contribution in [0.3, 0.4) is 0 Å². The Morgan fingerprint density at radius 2 is 1.57 bits per heavy atom. The average Bonchev–Trinajstić information content (AvgIpc) is 2.46. The highest BCUT2D eigenvalue weighted by atomic mass is 35.5. The maximum absolute atomic E-state index is 12.4. The minimum atomic E-state index is -3.87. The van der Waals surface area contributed by atoms with Crippen molar-refractivity contribution in [2.24, 2.45) is 0 Å². The lowest BCUT2D eigenvalue weighted by Crippen LogP contribution is -2.24. The van der Waals surface area contributed by atoms with Gasteiger partial charge in [-0.15, -0.1) is 0 Å². The van der Waals surface area contributed by atoms with Crippen LogP contribution >= 0.6 is 23.2 Å². The smallest absolute Gasteiger partial charge is 0.261 e. The number of anilines is 1. The summed E-state index contributed by atoms with van der Waals surface area (Å²) in [6.45, 7) is 0. The number of amides is 1. The molecule has 122 valence electrons. The predicted molar refractivity (Wildman–Crippen MR) is 91.7 cm³/mol. The number of hydrogen-bond donors (Lipinski definition) is 1. The molecule has 0 bridgehead atoms. The number of sulfonamides is 1. The Hall–Kier alpha value is -1.76. The first-order valence-electron chi connectivity index (χ1n) is 6.50. The molecule has 0 aliphatic rings. The third-order valence-corrected chi connectivity index (χ3v) is 4.85. The molecular weight excluding hydrogens is 359 g/mol. The highest BCUT2D eigenvalue weighted by Gasteiger charge is 2.20. The van der Waals surface area contributed by atoms with Crippen molar-refractivity contribution in [2.45, 2.75) is 4.90 Å². The molecule has 0 saturated carbocycles. The van der Waals surface area contributed by atoms with E-state index in [1.807, 2.05) is 0 Å². The first kappa shape index (κ1) is 17.6. The van der Waals surface area contributed by atoms with Crippen LogP contribution in [0.2, 0.25) is 10.0 Å². The van der Waals surface area contributed by atoms with E-state index in [-0.39, 0.29) is 22.1 Å². The van der Waals surface area contributed by atoms with E-state index >= 15 is 0 Å². The second-order valence-electron chi connectivity index (χ2n) is 4.95. The fraction of sp³-hybridized carbons (Fsp3) is 0.133. The summed E-state index contributed by atoms with van der Waals surface area (Å²) in [6.07, 6.45) is 0. The molecule has 0 radical (unpaired) electrons. The predicted octanol–water partition coefficient (Wildman–Crippen LogP) is 3.50. The second-order valence-corrected chi connectivity index (χ2v) is 7.50. The standard InChI is InChI=1S/C15H14Cl2N2O3S/c1-19(2)15(20)13-8-5-11(17)9-14(13)18-23(21,22)12-6-3-10(16)4-7-12/h3-9,18H,1-2H3. The van der Waals surface area contributed by atoms with Crippen LogP contribution in [0.5, 0.6) is 0 Å². The fourth-order valence-corrected chi connectivity index (χ4v) is 3.21. The van der Waals surface area contributed by atoms with Gasteiger partial charge >= 0.3 is 0 Å². The maximum atomic E-state index is 12.4. The number of rotatable bonds is 4. The van der Waals surface area contributed by atoms with E-state index in [4.69, 9.17) is 23.2 Å². The van der Waals surface area contributed by atoms with Crippen molar-refractivity contribution in [3.05, 3.63) is 58.1 Å². The van der Waals surface area contributed by atoms with E-state index in [9.17, 15) is 13.2 Å². The Labute approximate surface area is 144 Å². The first-order valence-corrected chi connectivity index (χ1v) is 8.74. The Kier molecular flexibility index (Phi) is 5.19. The normalized spacial score (nSPS) is 11.1. The van der Waals surface area contributed by atoms with Crippen molar-refractivity contribution in [3.8, 4) is 0 Å². The number of nitrogens with zero attached hydrogens (tertiary/aromatic N) is 1. The van der Waals surface area contributed by atoms with Gasteiger partial charge in [-0.2, -0.15) is 0 Å². The van der Waals surface area contributed by atoms with E-state index in [1.165, 1.54) is 47.4 Å². The summed E-state index contributed by atoms with van der Waals surface area (Å²) in [5, 5.41) is 0.740. The summed E-state index contributed by atoms with van der Waals surface area (Å²) in [7, 11) is -0.711. The fourth-order valence-electron chi connectivity index (χ4n) is 1.85. The Bertz CT molecular complexity index is 834. The second kappa shape index (κ2) is 6.78. The molecule has 2 aromatic rings. The molecule has 23 heavy (non-hydrogen) atoms. The molecule has 0 fully saturated rings. The van der Waals surface area contributed by atoms with E-state index in [0.29, 0.717) is 10.0 Å². The molecule has 0 saturated heterocycles. The molecule has 0 aliphatic carbocycles. The van der Waals surface area contributed by atoms with Gasteiger partial charge in [0.2, 0.25) is 0 Å². The van der Waals surface area contributed by atoms with Crippen molar-refractivity contribution >= 4 is 44.8 Å². The lowest BCUT2D eigenvalue weighted by atomic mass is 10.1. The maximum Gasteiger partial charge on any atom is 0.261 e. The molecule has 1 N–H and O–H groups in total. The Morgan fingerprint density at radius 1 is 1.00 bits per heavy atom. The summed E-state index contributed by atoms with van der Waals surface area (Å²) in [6, 6.07) is 10.1. The quantitative estimate of drug-likeness (QED) is 0.892. The average molecular weight is 373 g/mol. The molecule has 0 heterocycles. The van der Waals surface area contributed by atoms with Gasteiger partial charge in [-0.05, 0) is 42.5 Å². The summed E-state index contributed by atoms with van der Waals surface area (Å²) in [5.74, 6) is -0.338. The zero-order valence-electron chi connectivity index (χ0n) is 12.4. The van der Waals surface area contributed by atoms with E-state index < -0.39 is 10.0 Å². The molecule has 0 aromatic heterocycles. The molecular formula is C15H14Cl2N2O3S. The largest absolute Gasteiger partial charge is 0.345 e. The van der Waals surface area contributed by atoms with Gasteiger partial charge in [-0.25, -0.2) is 8.42 Å². The van der Waals surface area contributed by atoms with Gasteiger partial charge < -0.3 is 4.90 Å². The molecule has 5 nitrogen and oxygen atoms in total. The van der Waals surface area contributed by atoms with E-state index in [0.717, 1.165) is 0 Å². The monoisotopic (exact) mass is 372 g/mol. The van der Waals surface area contributed by atoms with Gasteiger partial charge in [-0.1, -0.05) is 23.2 Å². The van der Waals surface area contributed by atoms with Gasteiger partial charge in [0.05, 0.1) is 16.1 Å². The Morgan fingerprint density at radius 3 is 2.13 bits per heavy atom. The number of nitrogens with one attached hydrogen (secondary N) is 1. The van der Waals surface area contributed by atoms with Crippen molar-refractivity contribution < 1.29 is 13.2 Å². The highest BCUT2D eigenvalue weighted by Crippen LogP contribution is 2.25. The lowest BCUT2D eigenvalue weighted by molar-refractivity contribution is 0.0828. The molecule has 0 atom stereocenters. The van der Waals surface area contributed by atoms with Gasteiger partial charge in [0.15, 0.2) is 0 Å². The summed E-state index contributed by atoms with van der Waals surface area (Å²) in [4.78, 5) is 13.6. The number of halogens is 2. The lowest BCUT2D eigenvalue weighted by Gasteiger charge is -2.16. The van der Waals surface area contributed by atoms with E-state index in [1.54, 1.807) is 14.1 Å². The first-order chi connectivity index (χ1) is 10.7. The summed E-state index contributed by atoms with van der Waals surface area (Å²) < 4.78 is 27.3. The molecule has 2 aromatic carbocycles. The molecule has 0 spiro atoms. The van der Waals surface area contributed by atoms with Crippen LogP contribution < -0.4 is 4.72 Å². The number of carbonyl (C=O) groups excluding carboxylic acids is 1. The number of benzene rings is 2. The summed E-state index contributed by atoms with van der Waals surface area (Å²) in [5.41, 5.74) is 0.322.